The molecule has 118 valence electrons. The van der Waals surface area contributed by atoms with Gasteiger partial charge in [-0.05, 0) is 57.2 Å². The molecule has 1 aliphatic heterocycles. The summed E-state index contributed by atoms with van der Waals surface area (Å²) in [6.45, 7) is 0.945. The number of nitrogens with zero attached hydrogens (tertiary/aromatic N) is 1. The van der Waals surface area contributed by atoms with Crippen molar-refractivity contribution in [3.05, 3.63) is 19.2 Å². The Morgan fingerprint density at radius 3 is 2.76 bits per heavy atom. The molecule has 1 aliphatic rings. The number of amides is 1. The molecule has 21 heavy (non-hydrogen) atoms. The van der Waals surface area contributed by atoms with Crippen LogP contribution >= 0.6 is 43.2 Å². The number of carbonyl (C=O) groups is 1. The van der Waals surface area contributed by atoms with Crippen molar-refractivity contribution in [2.75, 3.05) is 19.3 Å². The van der Waals surface area contributed by atoms with Gasteiger partial charge >= 0.3 is 0 Å². The average molecular weight is 460 g/mol. The molecule has 2 rings (SSSR count). The van der Waals surface area contributed by atoms with Crippen LogP contribution in [0.25, 0.3) is 0 Å². The first-order valence-corrected chi connectivity index (χ1v) is 10.8. The normalized spacial score (nSPS) is 19.8. The summed E-state index contributed by atoms with van der Waals surface area (Å²) in [5.41, 5.74) is 0. The topological polar surface area (TPSA) is 66.5 Å². The van der Waals surface area contributed by atoms with Gasteiger partial charge in [0.05, 0.1) is 14.9 Å². The lowest BCUT2D eigenvalue weighted by molar-refractivity contribution is 0.0624. The van der Waals surface area contributed by atoms with E-state index < -0.39 is 10.0 Å². The van der Waals surface area contributed by atoms with E-state index >= 15 is 0 Å². The lowest BCUT2D eigenvalue weighted by Gasteiger charge is -2.35. The Hall–Kier alpha value is 0.0400. The Morgan fingerprint density at radius 2 is 2.19 bits per heavy atom. The second-order valence-electron chi connectivity index (χ2n) is 5.00. The predicted octanol–water partition coefficient (Wildman–Crippen LogP) is 2.82. The Bertz CT molecular complexity index is 611. The van der Waals surface area contributed by atoms with Crippen molar-refractivity contribution < 1.29 is 13.2 Å². The summed E-state index contributed by atoms with van der Waals surface area (Å²) >= 11 is 8.15. The molecule has 0 radical (unpaired) electrons. The molecule has 2 heterocycles. The molecule has 5 nitrogen and oxygen atoms in total. The number of halogens is 2. The fourth-order valence-corrected chi connectivity index (χ4v) is 4.81. The molecule has 0 bridgehead atoms. The number of likely N-dealkylation sites (tertiary alicyclic amines) is 1. The molecule has 1 aromatic rings. The molecule has 0 saturated carbocycles. The van der Waals surface area contributed by atoms with Gasteiger partial charge in [0, 0.05) is 23.6 Å². The molecule has 0 aliphatic carbocycles. The largest absolute Gasteiger partial charge is 0.334 e. The first kappa shape index (κ1) is 17.4. The molecule has 1 atom stereocenters. The summed E-state index contributed by atoms with van der Waals surface area (Å²) in [5, 5.41) is 0. The highest BCUT2D eigenvalue weighted by molar-refractivity contribution is 9.13. The van der Waals surface area contributed by atoms with E-state index in [0.29, 0.717) is 11.4 Å². The van der Waals surface area contributed by atoms with Gasteiger partial charge in [-0.15, -0.1) is 11.3 Å². The summed E-state index contributed by atoms with van der Waals surface area (Å²) < 4.78 is 26.7. The van der Waals surface area contributed by atoms with Crippen molar-refractivity contribution in [2.24, 2.45) is 0 Å². The molecule has 1 saturated heterocycles. The highest BCUT2D eigenvalue weighted by atomic mass is 79.9. The zero-order valence-corrected chi connectivity index (χ0v) is 16.2. The van der Waals surface area contributed by atoms with Crippen molar-refractivity contribution in [1.29, 1.82) is 0 Å². The van der Waals surface area contributed by atoms with Crippen LogP contribution in [0.2, 0.25) is 0 Å². The smallest absolute Gasteiger partial charge is 0.264 e. The molecule has 0 spiro atoms. The van der Waals surface area contributed by atoms with Gasteiger partial charge in [0.1, 0.15) is 0 Å². The maximum Gasteiger partial charge on any atom is 0.264 e. The quantitative estimate of drug-likeness (QED) is 0.752. The number of nitrogens with one attached hydrogen (secondary N) is 1. The molecular weight excluding hydrogens is 444 g/mol. The van der Waals surface area contributed by atoms with E-state index in [2.05, 4.69) is 36.6 Å². The molecular formula is C12H16Br2N2O3S2. The van der Waals surface area contributed by atoms with Crippen LogP contribution in [0, 0.1) is 0 Å². The number of hydrogen-bond acceptors (Lipinski definition) is 4. The molecule has 0 aromatic carbocycles. The summed E-state index contributed by atoms with van der Waals surface area (Å²) in [5.74, 6) is -0.0357. The first-order valence-electron chi connectivity index (χ1n) is 6.48. The van der Waals surface area contributed by atoms with Crippen LogP contribution in [-0.2, 0) is 10.0 Å². The maximum absolute atomic E-state index is 12.6. The summed E-state index contributed by atoms with van der Waals surface area (Å²) in [7, 11) is -3.24. The minimum absolute atomic E-state index is 0.0357. The maximum atomic E-state index is 12.6. The number of piperidine rings is 1. The highest BCUT2D eigenvalue weighted by Crippen LogP contribution is 2.33. The van der Waals surface area contributed by atoms with Crippen molar-refractivity contribution in [2.45, 2.75) is 25.3 Å². The van der Waals surface area contributed by atoms with Gasteiger partial charge in [0.15, 0.2) is 0 Å². The predicted molar refractivity (Wildman–Crippen MR) is 91.2 cm³/mol. The van der Waals surface area contributed by atoms with Gasteiger partial charge < -0.3 is 4.90 Å². The Labute approximate surface area is 145 Å². The third-order valence-electron chi connectivity index (χ3n) is 3.33. The molecule has 1 amide bonds. The standard InChI is InChI=1S/C12H16Br2N2O3S2/c1-21(18,19)15-7-8-4-2-3-5-16(8)12(17)10-6-9(13)11(14)20-10/h6,8,15H,2-5,7H2,1H3. The van der Waals surface area contributed by atoms with Crippen LogP contribution in [0.3, 0.4) is 0 Å². The Balaban J connectivity index is 2.12. The van der Waals surface area contributed by atoms with E-state index in [1.165, 1.54) is 11.3 Å². The minimum atomic E-state index is -3.24. The van der Waals surface area contributed by atoms with Crippen molar-refractivity contribution >= 4 is 59.1 Å². The lowest BCUT2D eigenvalue weighted by Crippen LogP contribution is -2.49. The first-order chi connectivity index (χ1) is 9.78. The fourth-order valence-electron chi connectivity index (χ4n) is 2.32. The van der Waals surface area contributed by atoms with Crippen molar-refractivity contribution in [1.82, 2.24) is 9.62 Å². The zero-order valence-electron chi connectivity index (χ0n) is 11.4. The van der Waals surface area contributed by atoms with E-state index in [4.69, 9.17) is 0 Å². The molecule has 1 aromatic heterocycles. The number of rotatable bonds is 4. The molecule has 1 unspecified atom stereocenters. The second kappa shape index (κ2) is 7.08. The van der Waals surface area contributed by atoms with Gasteiger partial charge in [-0.25, -0.2) is 13.1 Å². The monoisotopic (exact) mass is 458 g/mol. The van der Waals surface area contributed by atoms with E-state index in [-0.39, 0.29) is 18.5 Å². The van der Waals surface area contributed by atoms with Gasteiger partial charge in [-0.1, -0.05) is 0 Å². The molecule has 1 fully saturated rings. The number of hydrogen-bond donors (Lipinski definition) is 1. The summed E-state index contributed by atoms with van der Waals surface area (Å²) in [6, 6.07) is 1.72. The number of sulfonamides is 1. The molecule has 1 N–H and O–H groups in total. The Morgan fingerprint density at radius 1 is 1.48 bits per heavy atom. The van der Waals surface area contributed by atoms with Crippen LogP contribution < -0.4 is 4.72 Å². The zero-order chi connectivity index (χ0) is 15.6. The third kappa shape index (κ3) is 4.75. The number of thiophene rings is 1. The van der Waals surface area contributed by atoms with Crippen LogP contribution in [0.1, 0.15) is 28.9 Å². The van der Waals surface area contributed by atoms with Crippen LogP contribution in [0.4, 0.5) is 0 Å². The third-order valence-corrected chi connectivity index (χ3v) is 7.26. The highest BCUT2D eigenvalue weighted by Gasteiger charge is 2.29. The molecule has 9 heteroatoms. The number of carbonyl (C=O) groups excluding carboxylic acids is 1. The van der Waals surface area contributed by atoms with Gasteiger partial charge in [-0.3, -0.25) is 4.79 Å². The summed E-state index contributed by atoms with van der Waals surface area (Å²) in [6.07, 6.45) is 3.92. The van der Waals surface area contributed by atoms with Crippen LogP contribution in [0.5, 0.6) is 0 Å². The van der Waals surface area contributed by atoms with Gasteiger partial charge in [-0.2, -0.15) is 0 Å². The van der Waals surface area contributed by atoms with Crippen LogP contribution in [-0.4, -0.2) is 44.6 Å². The van der Waals surface area contributed by atoms with E-state index in [1.54, 1.807) is 11.0 Å². The fraction of sp³-hybridized carbons (Fsp3) is 0.583. The van der Waals surface area contributed by atoms with E-state index in [0.717, 1.165) is 33.8 Å². The second-order valence-corrected chi connectivity index (χ2v) is 10.1. The van der Waals surface area contributed by atoms with Crippen molar-refractivity contribution in [3.63, 3.8) is 0 Å². The van der Waals surface area contributed by atoms with E-state index in [9.17, 15) is 13.2 Å². The average Bonchev–Trinajstić information content (AvgIpc) is 2.75. The van der Waals surface area contributed by atoms with E-state index in [1.807, 2.05) is 0 Å². The lowest BCUT2D eigenvalue weighted by atomic mass is 10.0. The van der Waals surface area contributed by atoms with Crippen molar-refractivity contribution in [3.8, 4) is 0 Å². The van der Waals surface area contributed by atoms with Crippen LogP contribution in [0.15, 0.2) is 14.3 Å². The van der Waals surface area contributed by atoms with Gasteiger partial charge in [0.2, 0.25) is 10.0 Å². The SMILES string of the molecule is CS(=O)(=O)NCC1CCCCN1C(=O)c1cc(Br)c(Br)s1. The Kier molecular flexibility index (Phi) is 5.86. The summed E-state index contributed by atoms with van der Waals surface area (Å²) in [4.78, 5) is 15.1. The van der Waals surface area contributed by atoms with Gasteiger partial charge in [0.25, 0.3) is 5.91 Å². The minimum Gasteiger partial charge on any atom is -0.334 e.